The fourth-order valence-electron chi connectivity index (χ4n) is 1.41. The molecule has 0 spiro atoms. The molecule has 0 aliphatic carbocycles. The third kappa shape index (κ3) is 2.51. The third-order valence-corrected chi connectivity index (χ3v) is 3.36. The van der Waals surface area contributed by atoms with Crippen LogP contribution >= 0.6 is 23.1 Å². The number of aryl methyl sites for hydroxylation is 1. The molecule has 0 saturated carbocycles. The van der Waals surface area contributed by atoms with Crippen LogP contribution in [0.15, 0.2) is 24.3 Å². The average molecular weight is 254 g/mol. The summed E-state index contributed by atoms with van der Waals surface area (Å²) in [6.45, 7) is 2.75. The number of aromatic nitrogens is 2. The number of anilines is 1. The molecule has 5 heteroatoms. The molecule has 84 valence electrons. The van der Waals surface area contributed by atoms with Gasteiger partial charge in [0.2, 0.25) is 0 Å². The molecule has 0 aliphatic heterocycles. The van der Waals surface area contributed by atoms with Crippen molar-refractivity contribution in [3.63, 3.8) is 0 Å². The first-order chi connectivity index (χ1) is 7.66. The number of hydrogen-bond donors (Lipinski definition) is 0. The van der Waals surface area contributed by atoms with Crippen molar-refractivity contribution in [1.29, 1.82) is 0 Å². The molecule has 0 unspecified atom stereocenters. The molecule has 0 amide bonds. The molecule has 3 nitrogen and oxygen atoms in total. The maximum absolute atomic E-state index is 5.96. The van der Waals surface area contributed by atoms with Crippen molar-refractivity contribution in [2.24, 2.45) is 0 Å². The minimum atomic E-state index is 0.666. The van der Waals surface area contributed by atoms with E-state index in [0.717, 1.165) is 11.4 Å². The second kappa shape index (κ2) is 4.80. The third-order valence-electron chi connectivity index (χ3n) is 2.37. The summed E-state index contributed by atoms with van der Waals surface area (Å²) in [7, 11) is 2.01. The summed E-state index contributed by atoms with van der Waals surface area (Å²) in [5, 5.41) is 3.99. The van der Waals surface area contributed by atoms with E-state index in [1.54, 1.807) is 0 Å². The van der Waals surface area contributed by atoms with E-state index in [2.05, 4.69) is 45.7 Å². The highest BCUT2D eigenvalue weighted by atomic mass is 35.5. The van der Waals surface area contributed by atoms with Crippen LogP contribution in [0.1, 0.15) is 11.3 Å². The Morgan fingerprint density at radius 3 is 2.56 bits per heavy atom. The zero-order valence-electron chi connectivity index (χ0n) is 9.14. The molecule has 1 aromatic heterocycles. The first-order valence-corrected chi connectivity index (χ1v) is 6.06. The summed E-state index contributed by atoms with van der Waals surface area (Å²) in [6.07, 6.45) is 0. The Bertz CT molecular complexity index is 466. The predicted octanol–water partition coefficient (Wildman–Crippen LogP) is 3.14. The Hall–Kier alpha value is -1.13. The average Bonchev–Trinajstić information content (AvgIpc) is 2.65. The van der Waals surface area contributed by atoms with E-state index in [4.69, 9.17) is 11.6 Å². The summed E-state index contributed by atoms with van der Waals surface area (Å²) in [4.78, 5) is 2.10. The number of rotatable bonds is 3. The van der Waals surface area contributed by atoms with Gasteiger partial charge in [0.25, 0.3) is 0 Å². The van der Waals surface area contributed by atoms with Crippen molar-refractivity contribution in [2.45, 2.75) is 13.5 Å². The molecule has 0 bridgehead atoms. The molecule has 1 aromatic carbocycles. The first kappa shape index (κ1) is 11.4. The lowest BCUT2D eigenvalue weighted by Gasteiger charge is -2.18. The van der Waals surface area contributed by atoms with Crippen molar-refractivity contribution < 1.29 is 0 Å². The number of nitrogens with zero attached hydrogens (tertiary/aromatic N) is 3. The molecule has 0 fully saturated rings. The Kier molecular flexibility index (Phi) is 3.41. The molecule has 0 saturated heterocycles. The maximum Gasteiger partial charge on any atom is 0.139 e. The van der Waals surface area contributed by atoms with Crippen molar-refractivity contribution in [3.8, 4) is 0 Å². The fourth-order valence-corrected chi connectivity index (χ4v) is 2.02. The lowest BCUT2D eigenvalue weighted by atomic mass is 10.2. The Morgan fingerprint density at radius 1 is 1.31 bits per heavy atom. The van der Waals surface area contributed by atoms with Gasteiger partial charge in [0.05, 0.1) is 6.54 Å². The van der Waals surface area contributed by atoms with Crippen LogP contribution in [0, 0.1) is 6.92 Å². The molecule has 2 aromatic rings. The second-order valence-electron chi connectivity index (χ2n) is 3.68. The largest absolute Gasteiger partial charge is 0.369 e. The Morgan fingerprint density at radius 2 is 2.00 bits per heavy atom. The van der Waals surface area contributed by atoms with E-state index < -0.39 is 0 Å². The van der Waals surface area contributed by atoms with Crippen LogP contribution in [-0.2, 0) is 6.54 Å². The van der Waals surface area contributed by atoms with Crippen LogP contribution in [0.3, 0.4) is 0 Å². The number of benzene rings is 1. The van der Waals surface area contributed by atoms with Gasteiger partial charge in [-0.25, -0.2) is 0 Å². The smallest absolute Gasteiger partial charge is 0.139 e. The first-order valence-electron chi connectivity index (χ1n) is 4.91. The number of halogens is 1. The van der Waals surface area contributed by atoms with Gasteiger partial charge in [-0.2, -0.15) is 0 Å². The minimum absolute atomic E-state index is 0.666. The summed E-state index contributed by atoms with van der Waals surface area (Å²) in [6, 6.07) is 8.35. The second-order valence-corrected chi connectivity index (χ2v) is 5.04. The lowest BCUT2D eigenvalue weighted by Crippen LogP contribution is -2.16. The van der Waals surface area contributed by atoms with E-state index >= 15 is 0 Å². The van der Waals surface area contributed by atoms with Gasteiger partial charge in [0.1, 0.15) is 10.0 Å². The highest BCUT2D eigenvalue weighted by Gasteiger charge is 2.08. The maximum atomic E-state index is 5.96. The molecule has 0 aliphatic rings. The topological polar surface area (TPSA) is 29.0 Å². The molecule has 2 rings (SSSR count). The van der Waals surface area contributed by atoms with Crippen LogP contribution in [0.2, 0.25) is 4.34 Å². The quantitative estimate of drug-likeness (QED) is 0.842. The lowest BCUT2D eigenvalue weighted by molar-refractivity contribution is 0.872. The van der Waals surface area contributed by atoms with Crippen LogP contribution in [-0.4, -0.2) is 16.6 Å². The predicted molar refractivity (Wildman–Crippen MR) is 68.2 cm³/mol. The fraction of sp³-hybridized carbons (Fsp3) is 0.273. The molecule has 16 heavy (non-hydrogen) atoms. The van der Waals surface area contributed by atoms with Crippen LogP contribution in [0.25, 0.3) is 0 Å². The standard InChI is InChI=1S/C11H12ClN3S/c1-8-3-5-9(6-4-8)15(2)7-10-11(12)16-14-13-10/h3-6H,7H2,1-2H3. The highest BCUT2D eigenvalue weighted by molar-refractivity contribution is 7.10. The van der Waals surface area contributed by atoms with Gasteiger partial charge < -0.3 is 4.90 Å². The van der Waals surface area contributed by atoms with Gasteiger partial charge in [-0.05, 0) is 19.1 Å². The van der Waals surface area contributed by atoms with Gasteiger partial charge >= 0.3 is 0 Å². The summed E-state index contributed by atoms with van der Waals surface area (Å²) < 4.78 is 4.48. The van der Waals surface area contributed by atoms with Crippen molar-refractivity contribution in [3.05, 3.63) is 39.9 Å². The van der Waals surface area contributed by atoms with Gasteiger partial charge in [-0.3, -0.25) is 0 Å². The molecule has 0 radical (unpaired) electrons. The minimum Gasteiger partial charge on any atom is -0.369 e. The normalized spacial score (nSPS) is 10.4. The van der Waals surface area contributed by atoms with Gasteiger partial charge in [0.15, 0.2) is 0 Å². The Labute approximate surface area is 104 Å². The Balaban J connectivity index is 2.11. The van der Waals surface area contributed by atoms with E-state index in [0.29, 0.717) is 10.9 Å². The van der Waals surface area contributed by atoms with Gasteiger partial charge in [0, 0.05) is 24.3 Å². The molecular formula is C11H12ClN3S. The van der Waals surface area contributed by atoms with E-state index in [1.807, 2.05) is 7.05 Å². The zero-order valence-corrected chi connectivity index (χ0v) is 10.7. The van der Waals surface area contributed by atoms with Crippen LogP contribution < -0.4 is 4.90 Å². The van der Waals surface area contributed by atoms with Gasteiger partial charge in [-0.15, -0.1) is 5.10 Å². The van der Waals surface area contributed by atoms with Gasteiger partial charge in [-0.1, -0.05) is 33.8 Å². The van der Waals surface area contributed by atoms with E-state index in [1.165, 1.54) is 17.1 Å². The molecule has 0 N–H and O–H groups in total. The van der Waals surface area contributed by atoms with E-state index in [9.17, 15) is 0 Å². The van der Waals surface area contributed by atoms with E-state index in [-0.39, 0.29) is 0 Å². The highest BCUT2D eigenvalue weighted by Crippen LogP contribution is 2.21. The van der Waals surface area contributed by atoms with Crippen LogP contribution in [0.4, 0.5) is 5.69 Å². The summed E-state index contributed by atoms with van der Waals surface area (Å²) in [5.41, 5.74) is 3.23. The zero-order chi connectivity index (χ0) is 11.5. The number of hydrogen-bond acceptors (Lipinski definition) is 4. The molecule has 1 heterocycles. The van der Waals surface area contributed by atoms with Crippen molar-refractivity contribution in [2.75, 3.05) is 11.9 Å². The monoisotopic (exact) mass is 253 g/mol. The van der Waals surface area contributed by atoms with Crippen molar-refractivity contribution in [1.82, 2.24) is 9.59 Å². The van der Waals surface area contributed by atoms with Crippen LogP contribution in [0.5, 0.6) is 0 Å². The van der Waals surface area contributed by atoms with Crippen molar-refractivity contribution >= 4 is 28.8 Å². The molecule has 0 atom stereocenters. The SMILES string of the molecule is Cc1ccc(N(C)Cc2nnsc2Cl)cc1. The molecular weight excluding hydrogens is 242 g/mol. The summed E-state index contributed by atoms with van der Waals surface area (Å²) >= 11 is 7.19. The summed E-state index contributed by atoms with van der Waals surface area (Å²) in [5.74, 6) is 0.